The molecule has 2 aromatic rings. The van der Waals surface area contributed by atoms with Crippen LogP contribution in [0, 0.1) is 6.92 Å². The van der Waals surface area contributed by atoms with E-state index in [4.69, 9.17) is 5.73 Å². The number of anilines is 2. The van der Waals surface area contributed by atoms with E-state index in [9.17, 15) is 8.42 Å². The topological polar surface area (TPSA) is 98.2 Å². The normalized spacial score (nSPS) is 11.4. The van der Waals surface area contributed by atoms with Crippen molar-refractivity contribution in [3.63, 3.8) is 0 Å². The molecule has 0 saturated carbocycles. The van der Waals surface area contributed by atoms with Gasteiger partial charge in [-0.25, -0.2) is 8.42 Å². The Morgan fingerprint density at radius 2 is 2.12 bits per heavy atom. The van der Waals surface area contributed by atoms with Crippen molar-refractivity contribution in [1.29, 1.82) is 0 Å². The monoisotopic (exact) mass is 253 g/mol. The third-order valence-electron chi connectivity index (χ3n) is 2.18. The molecular weight excluding hydrogens is 242 g/mol. The van der Waals surface area contributed by atoms with Gasteiger partial charge in [-0.05, 0) is 24.6 Å². The Bertz CT molecular complexity index is 620. The number of rotatable bonds is 3. The number of aryl methyl sites for hydroxylation is 1. The van der Waals surface area contributed by atoms with Crippen LogP contribution in [0.25, 0.3) is 0 Å². The first-order chi connectivity index (χ1) is 7.99. The quantitative estimate of drug-likeness (QED) is 0.805. The Balaban J connectivity index is 2.41. The van der Waals surface area contributed by atoms with Crippen molar-refractivity contribution in [1.82, 2.24) is 5.16 Å². The molecule has 0 bridgehead atoms. The Kier molecular flexibility index (Phi) is 2.76. The first-order valence-electron chi connectivity index (χ1n) is 4.78. The molecule has 0 spiro atoms. The van der Waals surface area contributed by atoms with Gasteiger partial charge in [-0.2, -0.15) is 0 Å². The number of nitrogens with two attached hydrogens (primary N) is 1. The average molecular weight is 253 g/mol. The van der Waals surface area contributed by atoms with Gasteiger partial charge in [0.25, 0.3) is 10.0 Å². The summed E-state index contributed by atoms with van der Waals surface area (Å²) in [5.41, 5.74) is 6.56. The second-order valence-corrected chi connectivity index (χ2v) is 5.17. The van der Waals surface area contributed by atoms with Crippen molar-refractivity contribution in [2.45, 2.75) is 11.8 Å². The molecule has 0 aliphatic heterocycles. The fourth-order valence-electron chi connectivity index (χ4n) is 1.36. The highest BCUT2D eigenvalue weighted by atomic mass is 32.2. The van der Waals surface area contributed by atoms with Crippen LogP contribution in [-0.2, 0) is 10.0 Å². The largest absolute Gasteiger partial charge is 0.399 e. The van der Waals surface area contributed by atoms with E-state index in [1.54, 1.807) is 19.1 Å². The number of hydrogen-bond donors (Lipinski definition) is 2. The summed E-state index contributed by atoms with van der Waals surface area (Å²) in [4.78, 5) is 0.125. The molecule has 0 aliphatic carbocycles. The Morgan fingerprint density at radius 3 is 2.76 bits per heavy atom. The molecule has 0 unspecified atom stereocenters. The van der Waals surface area contributed by atoms with Gasteiger partial charge >= 0.3 is 0 Å². The second kappa shape index (κ2) is 4.10. The highest BCUT2D eigenvalue weighted by Crippen LogP contribution is 2.20. The predicted molar refractivity (Wildman–Crippen MR) is 62.9 cm³/mol. The van der Waals surface area contributed by atoms with E-state index in [1.165, 1.54) is 18.4 Å². The van der Waals surface area contributed by atoms with Gasteiger partial charge in [0.15, 0.2) is 5.82 Å². The molecule has 1 aromatic heterocycles. The van der Waals surface area contributed by atoms with Gasteiger partial charge in [0.05, 0.1) is 4.90 Å². The number of nitrogens with zero attached hydrogens (tertiary/aromatic N) is 1. The van der Waals surface area contributed by atoms with Crippen molar-refractivity contribution in [2.24, 2.45) is 0 Å². The number of nitrogen functional groups attached to an aromatic ring is 1. The highest BCUT2D eigenvalue weighted by Gasteiger charge is 2.18. The van der Waals surface area contributed by atoms with E-state index in [1.807, 2.05) is 0 Å². The van der Waals surface area contributed by atoms with Crippen LogP contribution in [0.1, 0.15) is 5.56 Å². The van der Waals surface area contributed by atoms with Crippen LogP contribution in [-0.4, -0.2) is 13.6 Å². The first kappa shape index (κ1) is 11.5. The van der Waals surface area contributed by atoms with E-state index >= 15 is 0 Å². The van der Waals surface area contributed by atoms with E-state index in [0.29, 0.717) is 11.3 Å². The molecule has 17 heavy (non-hydrogen) atoms. The van der Waals surface area contributed by atoms with Crippen LogP contribution in [0.5, 0.6) is 0 Å². The van der Waals surface area contributed by atoms with Crippen molar-refractivity contribution in [2.75, 3.05) is 10.5 Å². The predicted octanol–water partition coefficient (Wildman–Crippen LogP) is 1.37. The molecule has 7 heteroatoms. The van der Waals surface area contributed by atoms with Crippen molar-refractivity contribution in [3.8, 4) is 0 Å². The summed E-state index contributed by atoms with van der Waals surface area (Å²) in [7, 11) is -3.69. The molecular formula is C10H11N3O3S. The van der Waals surface area contributed by atoms with Gasteiger partial charge in [0.2, 0.25) is 0 Å². The molecule has 0 aliphatic rings. The average Bonchev–Trinajstić information content (AvgIpc) is 2.73. The van der Waals surface area contributed by atoms with E-state index in [-0.39, 0.29) is 10.7 Å². The van der Waals surface area contributed by atoms with Gasteiger partial charge < -0.3 is 10.3 Å². The van der Waals surface area contributed by atoms with Gasteiger partial charge in [-0.3, -0.25) is 4.72 Å². The zero-order chi connectivity index (χ0) is 12.5. The van der Waals surface area contributed by atoms with Crippen LogP contribution >= 0.6 is 0 Å². The summed E-state index contributed by atoms with van der Waals surface area (Å²) in [6, 6.07) is 6.11. The Morgan fingerprint density at radius 1 is 1.35 bits per heavy atom. The third-order valence-corrected chi connectivity index (χ3v) is 3.68. The summed E-state index contributed by atoms with van der Waals surface area (Å²) < 4.78 is 30.9. The molecule has 0 saturated heterocycles. The van der Waals surface area contributed by atoms with Crippen molar-refractivity contribution < 1.29 is 12.9 Å². The zero-order valence-corrected chi connectivity index (χ0v) is 9.86. The molecule has 2 rings (SSSR count). The van der Waals surface area contributed by atoms with Crippen LogP contribution in [0.2, 0.25) is 0 Å². The van der Waals surface area contributed by atoms with Crippen LogP contribution in [0.3, 0.4) is 0 Å². The molecule has 1 aromatic carbocycles. The minimum atomic E-state index is -3.69. The summed E-state index contributed by atoms with van der Waals surface area (Å²) in [6.45, 7) is 1.69. The third kappa shape index (κ3) is 2.39. The van der Waals surface area contributed by atoms with Gasteiger partial charge in [-0.1, -0.05) is 11.2 Å². The highest BCUT2D eigenvalue weighted by molar-refractivity contribution is 7.92. The lowest BCUT2D eigenvalue weighted by Crippen LogP contribution is -2.14. The van der Waals surface area contributed by atoms with E-state index < -0.39 is 10.0 Å². The fourth-order valence-corrected chi connectivity index (χ4v) is 2.64. The second-order valence-electron chi connectivity index (χ2n) is 3.52. The molecule has 90 valence electrons. The number of aromatic nitrogens is 1. The molecule has 0 amide bonds. The summed E-state index contributed by atoms with van der Waals surface area (Å²) in [5.74, 6) is 0.131. The van der Waals surface area contributed by atoms with Crippen LogP contribution in [0.15, 0.2) is 39.9 Å². The SMILES string of the molecule is Cc1ccc(N)cc1S(=O)(=O)Nc1ccon1. The van der Waals surface area contributed by atoms with E-state index in [0.717, 1.165) is 0 Å². The number of hydrogen-bond acceptors (Lipinski definition) is 5. The van der Waals surface area contributed by atoms with Crippen LogP contribution in [0.4, 0.5) is 11.5 Å². The summed E-state index contributed by atoms with van der Waals surface area (Å²) >= 11 is 0. The minimum Gasteiger partial charge on any atom is -0.399 e. The van der Waals surface area contributed by atoms with Crippen molar-refractivity contribution >= 4 is 21.5 Å². The summed E-state index contributed by atoms with van der Waals surface area (Å²) in [6.07, 6.45) is 1.28. The Hall–Kier alpha value is -2.02. The van der Waals surface area contributed by atoms with Gasteiger partial charge in [0.1, 0.15) is 6.26 Å². The first-order valence-corrected chi connectivity index (χ1v) is 6.27. The smallest absolute Gasteiger partial charge is 0.263 e. The Labute approximate surface area is 98.5 Å². The maximum atomic E-state index is 12.0. The lowest BCUT2D eigenvalue weighted by Gasteiger charge is -2.08. The lowest BCUT2D eigenvalue weighted by molar-refractivity contribution is 0.423. The molecule has 0 atom stereocenters. The van der Waals surface area contributed by atoms with Crippen molar-refractivity contribution in [3.05, 3.63) is 36.1 Å². The number of sulfonamides is 1. The maximum Gasteiger partial charge on any atom is 0.263 e. The van der Waals surface area contributed by atoms with Crippen LogP contribution < -0.4 is 10.5 Å². The standard InChI is InChI=1S/C10H11N3O3S/c1-7-2-3-8(11)6-9(7)17(14,15)13-10-4-5-16-12-10/h2-6H,11H2,1H3,(H,12,13). The molecule has 1 heterocycles. The minimum absolute atomic E-state index is 0.125. The molecule has 6 nitrogen and oxygen atoms in total. The lowest BCUT2D eigenvalue weighted by atomic mass is 10.2. The fraction of sp³-hybridized carbons (Fsp3) is 0.100. The number of nitrogens with one attached hydrogen (secondary N) is 1. The maximum absolute atomic E-state index is 12.0. The van der Waals surface area contributed by atoms with E-state index in [2.05, 4.69) is 14.4 Å². The number of benzene rings is 1. The summed E-state index contributed by atoms with van der Waals surface area (Å²) in [5, 5.41) is 3.48. The molecule has 0 radical (unpaired) electrons. The molecule has 0 fully saturated rings. The van der Waals surface area contributed by atoms with Gasteiger partial charge in [0, 0.05) is 11.8 Å². The zero-order valence-electron chi connectivity index (χ0n) is 9.04. The molecule has 3 N–H and O–H groups in total. The van der Waals surface area contributed by atoms with Gasteiger partial charge in [-0.15, -0.1) is 0 Å².